The van der Waals surface area contributed by atoms with Crippen molar-refractivity contribution in [1.29, 1.82) is 5.26 Å². The highest BCUT2D eigenvalue weighted by Crippen LogP contribution is 2.33. The second-order valence-electron chi connectivity index (χ2n) is 5.30. The van der Waals surface area contributed by atoms with Crippen molar-refractivity contribution in [3.05, 3.63) is 83.4 Å². The smallest absolute Gasteiger partial charge is 0.262 e. The molecule has 0 aliphatic carbocycles. The van der Waals surface area contributed by atoms with E-state index in [2.05, 4.69) is 4.72 Å². The highest BCUT2D eigenvalue weighted by atomic mass is 35.5. The lowest BCUT2D eigenvalue weighted by molar-refractivity contribution is 0.485. The summed E-state index contributed by atoms with van der Waals surface area (Å²) >= 11 is 6.01. The normalized spacial score (nSPS) is 10.8. The van der Waals surface area contributed by atoms with Crippen LogP contribution in [0.1, 0.15) is 5.56 Å². The lowest BCUT2D eigenvalue weighted by Gasteiger charge is -2.14. The average molecular weight is 385 g/mol. The zero-order valence-corrected chi connectivity index (χ0v) is 15.0. The standard InChI is InChI=1S/C19H13ClN2O3S/c20-15-8-11-19(25-16-4-2-1-3-5-16)18(12-15)22-26(23,24)17-9-6-14(13-21)7-10-17/h1-12,22H. The van der Waals surface area contributed by atoms with E-state index in [1.165, 1.54) is 30.3 Å². The van der Waals surface area contributed by atoms with Gasteiger partial charge in [-0.05, 0) is 54.6 Å². The molecule has 0 aliphatic rings. The fourth-order valence-electron chi connectivity index (χ4n) is 2.20. The second-order valence-corrected chi connectivity index (χ2v) is 7.42. The first-order chi connectivity index (χ1) is 12.5. The molecule has 0 aliphatic heterocycles. The Balaban J connectivity index is 1.93. The third kappa shape index (κ3) is 4.14. The molecule has 3 aromatic rings. The molecule has 1 N–H and O–H groups in total. The summed E-state index contributed by atoms with van der Waals surface area (Å²) in [6.45, 7) is 0. The van der Waals surface area contributed by atoms with Gasteiger partial charge in [-0.25, -0.2) is 8.42 Å². The van der Waals surface area contributed by atoms with Crippen LogP contribution in [0.4, 0.5) is 5.69 Å². The predicted octanol–water partition coefficient (Wildman–Crippen LogP) is 4.80. The van der Waals surface area contributed by atoms with Crippen molar-refractivity contribution in [2.75, 3.05) is 4.72 Å². The molecule has 5 nitrogen and oxygen atoms in total. The summed E-state index contributed by atoms with van der Waals surface area (Å²) in [5.41, 5.74) is 0.588. The van der Waals surface area contributed by atoms with E-state index in [0.29, 0.717) is 22.1 Å². The lowest BCUT2D eigenvalue weighted by atomic mass is 10.2. The molecular weight excluding hydrogens is 372 g/mol. The Morgan fingerprint density at radius 2 is 1.65 bits per heavy atom. The van der Waals surface area contributed by atoms with Gasteiger partial charge in [-0.3, -0.25) is 4.72 Å². The Morgan fingerprint density at radius 1 is 0.962 bits per heavy atom. The number of nitrogens with zero attached hydrogens (tertiary/aromatic N) is 1. The van der Waals surface area contributed by atoms with E-state index < -0.39 is 10.0 Å². The van der Waals surface area contributed by atoms with Crippen LogP contribution in [0, 0.1) is 11.3 Å². The number of para-hydroxylation sites is 1. The number of rotatable bonds is 5. The minimum absolute atomic E-state index is 0.0298. The van der Waals surface area contributed by atoms with Gasteiger partial charge in [0, 0.05) is 5.02 Å². The first-order valence-corrected chi connectivity index (χ1v) is 9.39. The molecule has 3 rings (SSSR count). The summed E-state index contributed by atoms with van der Waals surface area (Å²) in [5.74, 6) is 0.881. The zero-order valence-electron chi connectivity index (χ0n) is 13.4. The van der Waals surface area contributed by atoms with Gasteiger partial charge in [-0.2, -0.15) is 5.26 Å². The lowest BCUT2D eigenvalue weighted by Crippen LogP contribution is -2.13. The van der Waals surface area contributed by atoms with Crippen molar-refractivity contribution >= 4 is 27.3 Å². The molecule has 26 heavy (non-hydrogen) atoms. The topological polar surface area (TPSA) is 79.2 Å². The molecule has 0 spiro atoms. The molecular formula is C19H13ClN2O3S. The average Bonchev–Trinajstić information content (AvgIpc) is 2.64. The van der Waals surface area contributed by atoms with Crippen LogP contribution in [0.3, 0.4) is 0 Å². The van der Waals surface area contributed by atoms with Gasteiger partial charge in [0.2, 0.25) is 0 Å². The number of hydrogen-bond acceptors (Lipinski definition) is 4. The van der Waals surface area contributed by atoms with E-state index >= 15 is 0 Å². The molecule has 0 fully saturated rings. The minimum atomic E-state index is -3.87. The van der Waals surface area contributed by atoms with Crippen LogP contribution in [0.25, 0.3) is 0 Å². The summed E-state index contributed by atoms with van der Waals surface area (Å²) in [7, 11) is -3.87. The molecule has 0 atom stereocenters. The van der Waals surface area contributed by atoms with Gasteiger partial charge in [-0.1, -0.05) is 29.8 Å². The second kappa shape index (κ2) is 7.48. The Kier molecular flexibility index (Phi) is 5.12. The maximum atomic E-state index is 12.6. The number of nitriles is 1. The molecule has 0 saturated carbocycles. The number of halogens is 1. The largest absolute Gasteiger partial charge is 0.455 e. The predicted molar refractivity (Wildman–Crippen MR) is 99.9 cm³/mol. The number of hydrogen-bond donors (Lipinski definition) is 1. The molecule has 0 saturated heterocycles. The SMILES string of the molecule is N#Cc1ccc(S(=O)(=O)Nc2cc(Cl)ccc2Oc2ccccc2)cc1. The first-order valence-electron chi connectivity index (χ1n) is 7.53. The third-order valence-electron chi connectivity index (χ3n) is 3.45. The van der Waals surface area contributed by atoms with Crippen molar-refractivity contribution in [3.8, 4) is 17.6 Å². The van der Waals surface area contributed by atoms with Gasteiger partial charge in [0.25, 0.3) is 10.0 Å². The molecule has 3 aromatic carbocycles. The van der Waals surface area contributed by atoms with Gasteiger partial charge in [0.15, 0.2) is 5.75 Å². The van der Waals surface area contributed by atoms with E-state index in [1.54, 1.807) is 24.3 Å². The molecule has 0 amide bonds. The monoisotopic (exact) mass is 384 g/mol. The molecule has 0 radical (unpaired) electrons. The number of sulfonamides is 1. The summed E-state index contributed by atoms with van der Waals surface area (Å²) in [6.07, 6.45) is 0. The van der Waals surface area contributed by atoms with Crippen molar-refractivity contribution in [3.63, 3.8) is 0 Å². The first kappa shape index (κ1) is 17.8. The quantitative estimate of drug-likeness (QED) is 0.684. The molecule has 0 aromatic heterocycles. The van der Waals surface area contributed by atoms with Crippen LogP contribution in [0.2, 0.25) is 5.02 Å². The van der Waals surface area contributed by atoms with E-state index in [-0.39, 0.29) is 10.6 Å². The van der Waals surface area contributed by atoms with Crippen molar-refractivity contribution in [2.24, 2.45) is 0 Å². The number of ether oxygens (including phenoxy) is 1. The van der Waals surface area contributed by atoms with Crippen LogP contribution < -0.4 is 9.46 Å². The number of nitrogens with one attached hydrogen (secondary N) is 1. The van der Waals surface area contributed by atoms with Gasteiger partial charge in [-0.15, -0.1) is 0 Å². The summed E-state index contributed by atoms with van der Waals surface area (Å²) in [6, 6.07) is 21.2. The zero-order chi connectivity index (χ0) is 18.6. The van der Waals surface area contributed by atoms with Gasteiger partial charge < -0.3 is 4.74 Å². The fraction of sp³-hybridized carbons (Fsp3) is 0. The minimum Gasteiger partial charge on any atom is -0.455 e. The Morgan fingerprint density at radius 3 is 2.31 bits per heavy atom. The number of anilines is 1. The van der Waals surface area contributed by atoms with Crippen LogP contribution in [-0.4, -0.2) is 8.42 Å². The maximum absolute atomic E-state index is 12.6. The maximum Gasteiger partial charge on any atom is 0.262 e. The molecule has 130 valence electrons. The Hall–Kier alpha value is -3.01. The van der Waals surface area contributed by atoms with Gasteiger partial charge in [0.05, 0.1) is 22.2 Å². The van der Waals surface area contributed by atoms with E-state index in [0.717, 1.165) is 0 Å². The molecule has 7 heteroatoms. The number of benzene rings is 3. The Labute approximate surface area is 156 Å². The van der Waals surface area contributed by atoms with Crippen LogP contribution in [-0.2, 0) is 10.0 Å². The van der Waals surface area contributed by atoms with E-state index in [9.17, 15) is 8.42 Å². The van der Waals surface area contributed by atoms with Crippen molar-refractivity contribution < 1.29 is 13.2 Å². The summed E-state index contributed by atoms with van der Waals surface area (Å²) in [4.78, 5) is 0.0298. The van der Waals surface area contributed by atoms with Crippen molar-refractivity contribution in [2.45, 2.75) is 4.90 Å². The van der Waals surface area contributed by atoms with Gasteiger partial charge >= 0.3 is 0 Å². The van der Waals surface area contributed by atoms with Crippen LogP contribution in [0.15, 0.2) is 77.7 Å². The fourth-order valence-corrected chi connectivity index (χ4v) is 3.43. The van der Waals surface area contributed by atoms with Crippen molar-refractivity contribution in [1.82, 2.24) is 0 Å². The summed E-state index contributed by atoms with van der Waals surface area (Å²) < 4.78 is 33.5. The highest BCUT2D eigenvalue weighted by molar-refractivity contribution is 7.92. The van der Waals surface area contributed by atoms with Crippen LogP contribution in [0.5, 0.6) is 11.5 Å². The molecule has 0 unspecified atom stereocenters. The third-order valence-corrected chi connectivity index (χ3v) is 5.07. The summed E-state index contributed by atoms with van der Waals surface area (Å²) in [5, 5.41) is 9.19. The highest BCUT2D eigenvalue weighted by Gasteiger charge is 2.17. The van der Waals surface area contributed by atoms with Gasteiger partial charge in [0.1, 0.15) is 5.75 Å². The molecule has 0 heterocycles. The van der Waals surface area contributed by atoms with E-state index in [1.807, 2.05) is 24.3 Å². The Bertz CT molecular complexity index is 1060. The molecule has 0 bridgehead atoms. The van der Waals surface area contributed by atoms with E-state index in [4.69, 9.17) is 21.6 Å². The van der Waals surface area contributed by atoms with Crippen LogP contribution >= 0.6 is 11.6 Å².